The lowest BCUT2D eigenvalue weighted by atomic mass is 10.2. The zero-order valence-corrected chi connectivity index (χ0v) is 9.56. The van der Waals surface area contributed by atoms with Gasteiger partial charge < -0.3 is 10.5 Å². The predicted octanol–water partition coefficient (Wildman–Crippen LogP) is 1.47. The number of nitrogen functional groups attached to an aromatic ring is 1. The van der Waals surface area contributed by atoms with Gasteiger partial charge in [0.25, 0.3) is 0 Å². The summed E-state index contributed by atoms with van der Waals surface area (Å²) in [4.78, 5) is 4.24. The molecule has 0 aliphatic carbocycles. The molecule has 16 heavy (non-hydrogen) atoms. The van der Waals surface area contributed by atoms with E-state index in [9.17, 15) is 0 Å². The molecule has 0 aliphatic heterocycles. The van der Waals surface area contributed by atoms with Crippen molar-refractivity contribution >= 4 is 5.69 Å². The van der Waals surface area contributed by atoms with Crippen LogP contribution in [0, 0.1) is 13.8 Å². The molecule has 1 aromatic heterocycles. The normalized spacial score (nSPS) is 10.4. The molecule has 0 radical (unpaired) electrons. The van der Waals surface area contributed by atoms with E-state index in [2.05, 4.69) is 10.1 Å². The molecule has 0 fully saturated rings. The topological polar surface area (TPSA) is 66.0 Å². The summed E-state index contributed by atoms with van der Waals surface area (Å²) in [5.74, 6) is 2.24. The van der Waals surface area contributed by atoms with E-state index in [1.807, 2.05) is 32.0 Å². The van der Waals surface area contributed by atoms with Crippen LogP contribution in [0.5, 0.6) is 5.75 Å². The van der Waals surface area contributed by atoms with E-state index in [0.29, 0.717) is 11.4 Å². The fourth-order valence-corrected chi connectivity index (χ4v) is 1.62. The van der Waals surface area contributed by atoms with Crippen molar-refractivity contribution in [2.75, 3.05) is 12.8 Å². The van der Waals surface area contributed by atoms with Gasteiger partial charge in [0.05, 0.1) is 18.5 Å². The molecular weight excluding hydrogens is 204 g/mol. The van der Waals surface area contributed by atoms with Crippen molar-refractivity contribution in [3.05, 3.63) is 29.8 Å². The number of nitrogens with two attached hydrogens (primary N) is 1. The fraction of sp³-hybridized carbons (Fsp3) is 0.273. The second-order valence-corrected chi connectivity index (χ2v) is 3.54. The molecule has 84 valence electrons. The van der Waals surface area contributed by atoms with Crippen LogP contribution in [0.3, 0.4) is 0 Å². The van der Waals surface area contributed by atoms with Gasteiger partial charge in [0.2, 0.25) is 0 Å². The summed E-state index contributed by atoms with van der Waals surface area (Å²) in [5, 5.41) is 4.29. The van der Waals surface area contributed by atoms with Gasteiger partial charge in [-0.15, -0.1) is 0 Å². The lowest BCUT2D eigenvalue weighted by Crippen LogP contribution is -2.01. The number of ether oxygens (including phenoxy) is 1. The quantitative estimate of drug-likeness (QED) is 0.775. The Morgan fingerprint density at radius 1 is 1.31 bits per heavy atom. The summed E-state index contributed by atoms with van der Waals surface area (Å²) in [6.07, 6.45) is 0. The lowest BCUT2D eigenvalue weighted by Gasteiger charge is -2.07. The maximum atomic E-state index is 5.84. The van der Waals surface area contributed by atoms with Gasteiger partial charge in [0.15, 0.2) is 0 Å². The molecule has 0 bridgehead atoms. The Morgan fingerprint density at radius 2 is 2.06 bits per heavy atom. The van der Waals surface area contributed by atoms with E-state index >= 15 is 0 Å². The largest absolute Gasteiger partial charge is 0.495 e. The minimum Gasteiger partial charge on any atom is -0.495 e. The highest BCUT2D eigenvalue weighted by Gasteiger charge is 2.07. The van der Waals surface area contributed by atoms with Gasteiger partial charge in [-0.1, -0.05) is 0 Å². The van der Waals surface area contributed by atoms with Crippen molar-refractivity contribution in [1.29, 1.82) is 0 Å². The Labute approximate surface area is 93.9 Å². The summed E-state index contributed by atoms with van der Waals surface area (Å²) in [5.41, 5.74) is 7.32. The Morgan fingerprint density at radius 3 is 2.56 bits per heavy atom. The van der Waals surface area contributed by atoms with Crippen LogP contribution in [0.4, 0.5) is 5.69 Å². The summed E-state index contributed by atoms with van der Waals surface area (Å²) in [6, 6.07) is 5.54. The van der Waals surface area contributed by atoms with Gasteiger partial charge in [-0.3, -0.25) is 0 Å². The SMILES string of the molecule is COc1ccc(-n2nc(C)nc2C)cc1N. The maximum Gasteiger partial charge on any atom is 0.148 e. The van der Waals surface area contributed by atoms with Crippen molar-refractivity contribution in [3.63, 3.8) is 0 Å². The van der Waals surface area contributed by atoms with Crippen molar-refractivity contribution in [2.24, 2.45) is 0 Å². The Bertz CT molecular complexity index is 519. The number of hydrogen-bond acceptors (Lipinski definition) is 4. The molecule has 2 N–H and O–H groups in total. The minimum absolute atomic E-state index is 0.590. The van der Waals surface area contributed by atoms with Crippen molar-refractivity contribution in [1.82, 2.24) is 14.8 Å². The van der Waals surface area contributed by atoms with Gasteiger partial charge >= 0.3 is 0 Å². The molecule has 2 aromatic rings. The first-order valence-corrected chi connectivity index (χ1v) is 4.96. The molecule has 5 heteroatoms. The predicted molar refractivity (Wildman–Crippen MR) is 61.8 cm³/mol. The molecule has 1 aromatic carbocycles. The van der Waals surface area contributed by atoms with Gasteiger partial charge in [-0.25, -0.2) is 9.67 Å². The summed E-state index contributed by atoms with van der Waals surface area (Å²) >= 11 is 0. The third kappa shape index (κ3) is 1.71. The van der Waals surface area contributed by atoms with Crippen LogP contribution in [0.15, 0.2) is 18.2 Å². The smallest absolute Gasteiger partial charge is 0.148 e. The molecule has 0 aliphatic rings. The van der Waals surface area contributed by atoms with E-state index in [4.69, 9.17) is 10.5 Å². The third-order valence-electron chi connectivity index (χ3n) is 2.33. The van der Waals surface area contributed by atoms with Crippen LogP contribution in [0.25, 0.3) is 5.69 Å². The fourth-order valence-electron chi connectivity index (χ4n) is 1.62. The summed E-state index contributed by atoms with van der Waals surface area (Å²) in [6.45, 7) is 3.76. The molecule has 0 saturated carbocycles. The third-order valence-corrected chi connectivity index (χ3v) is 2.33. The van der Waals surface area contributed by atoms with Crippen molar-refractivity contribution < 1.29 is 4.74 Å². The van der Waals surface area contributed by atoms with E-state index in [0.717, 1.165) is 17.3 Å². The average Bonchev–Trinajstić information content (AvgIpc) is 2.58. The number of methoxy groups -OCH3 is 1. The monoisotopic (exact) mass is 218 g/mol. The first-order chi connectivity index (χ1) is 7.61. The van der Waals surface area contributed by atoms with E-state index in [1.54, 1.807) is 11.8 Å². The molecule has 0 atom stereocenters. The van der Waals surface area contributed by atoms with Crippen LogP contribution >= 0.6 is 0 Å². The molecule has 0 unspecified atom stereocenters. The zero-order valence-electron chi connectivity index (χ0n) is 9.56. The Hall–Kier alpha value is -2.04. The lowest BCUT2D eigenvalue weighted by molar-refractivity contribution is 0.417. The number of aryl methyl sites for hydroxylation is 2. The van der Waals surface area contributed by atoms with Gasteiger partial charge in [0.1, 0.15) is 17.4 Å². The number of anilines is 1. The first-order valence-electron chi connectivity index (χ1n) is 4.96. The highest BCUT2D eigenvalue weighted by molar-refractivity contribution is 5.58. The highest BCUT2D eigenvalue weighted by atomic mass is 16.5. The van der Waals surface area contributed by atoms with Gasteiger partial charge in [-0.05, 0) is 32.0 Å². The standard InChI is InChI=1S/C11H14N4O/c1-7-13-8(2)15(14-7)9-4-5-11(16-3)10(12)6-9/h4-6H,12H2,1-3H3. The molecule has 1 heterocycles. The van der Waals surface area contributed by atoms with Crippen LogP contribution in [-0.4, -0.2) is 21.9 Å². The number of benzene rings is 1. The molecule has 5 nitrogen and oxygen atoms in total. The molecule has 0 amide bonds. The molecule has 0 spiro atoms. The summed E-state index contributed by atoms with van der Waals surface area (Å²) in [7, 11) is 1.59. The number of hydrogen-bond donors (Lipinski definition) is 1. The van der Waals surface area contributed by atoms with E-state index < -0.39 is 0 Å². The van der Waals surface area contributed by atoms with Crippen LogP contribution in [0.1, 0.15) is 11.6 Å². The molecule has 2 rings (SSSR count). The van der Waals surface area contributed by atoms with Crippen LogP contribution in [0.2, 0.25) is 0 Å². The Balaban J connectivity index is 2.49. The second-order valence-electron chi connectivity index (χ2n) is 3.54. The molecular formula is C11H14N4O. The van der Waals surface area contributed by atoms with E-state index in [1.165, 1.54) is 0 Å². The number of rotatable bonds is 2. The highest BCUT2D eigenvalue weighted by Crippen LogP contribution is 2.23. The molecule has 0 saturated heterocycles. The Kier molecular flexibility index (Phi) is 2.52. The number of aromatic nitrogens is 3. The zero-order chi connectivity index (χ0) is 11.7. The first kappa shape index (κ1) is 10.5. The maximum absolute atomic E-state index is 5.84. The van der Waals surface area contributed by atoms with Crippen molar-refractivity contribution in [2.45, 2.75) is 13.8 Å². The second kappa shape index (κ2) is 3.84. The summed E-state index contributed by atoms with van der Waals surface area (Å²) < 4.78 is 6.86. The van der Waals surface area contributed by atoms with Gasteiger partial charge in [-0.2, -0.15) is 5.10 Å². The number of nitrogens with zero attached hydrogens (tertiary/aromatic N) is 3. The van der Waals surface area contributed by atoms with Crippen LogP contribution < -0.4 is 10.5 Å². The average molecular weight is 218 g/mol. The van der Waals surface area contributed by atoms with Crippen molar-refractivity contribution in [3.8, 4) is 11.4 Å². The van der Waals surface area contributed by atoms with E-state index in [-0.39, 0.29) is 0 Å². The van der Waals surface area contributed by atoms with Gasteiger partial charge in [0, 0.05) is 0 Å². The van der Waals surface area contributed by atoms with Crippen LogP contribution in [-0.2, 0) is 0 Å². The minimum atomic E-state index is 0.590.